The van der Waals surface area contributed by atoms with Crippen LogP contribution in [-0.2, 0) is 0 Å². The number of hydrogen-bond acceptors (Lipinski definition) is 2. The predicted octanol–water partition coefficient (Wildman–Crippen LogP) is 1.27. The van der Waals surface area contributed by atoms with Gasteiger partial charge in [-0.2, -0.15) is 0 Å². The summed E-state index contributed by atoms with van der Waals surface area (Å²) in [6.45, 7) is 1.75. The van der Waals surface area contributed by atoms with E-state index in [1.807, 2.05) is 0 Å². The molecule has 1 aromatic heterocycles. The molecule has 2 heteroatoms. The van der Waals surface area contributed by atoms with Crippen molar-refractivity contribution in [2.24, 2.45) is 0 Å². The first-order valence-electron chi connectivity index (χ1n) is 3.21. The summed E-state index contributed by atoms with van der Waals surface area (Å²) in [6.07, 6.45) is 2.27. The van der Waals surface area contributed by atoms with Gasteiger partial charge in [-0.15, -0.1) is 0 Å². The van der Waals surface area contributed by atoms with E-state index in [1.165, 1.54) is 6.20 Å². The van der Waals surface area contributed by atoms with E-state index in [4.69, 9.17) is 0 Å². The first kappa shape index (κ1) is 7.49. The van der Waals surface area contributed by atoms with Crippen LogP contribution in [0.5, 0.6) is 0 Å². The van der Waals surface area contributed by atoms with E-state index in [1.54, 1.807) is 19.1 Å². The Bertz CT molecular complexity index is 303. The highest BCUT2D eigenvalue weighted by Gasteiger charge is 1.89. The van der Waals surface area contributed by atoms with Gasteiger partial charge in [0.2, 0.25) is 0 Å². The zero-order valence-corrected chi connectivity index (χ0v) is 6.16. The Hall–Kier alpha value is -1.62. The summed E-state index contributed by atoms with van der Waals surface area (Å²) in [5.41, 5.74) is 1.27. The van der Waals surface area contributed by atoms with Crippen molar-refractivity contribution >= 4 is 6.29 Å². The molecule has 0 fully saturated rings. The van der Waals surface area contributed by atoms with Crippen molar-refractivity contribution in [1.29, 1.82) is 0 Å². The fourth-order valence-electron chi connectivity index (χ4n) is 0.677. The van der Waals surface area contributed by atoms with Gasteiger partial charge in [-0.1, -0.05) is 5.92 Å². The molecule has 54 valence electrons. The average Bonchev–Trinajstić information content (AvgIpc) is 2.07. The lowest BCUT2D eigenvalue weighted by Crippen LogP contribution is -1.84. The Kier molecular flexibility index (Phi) is 2.40. The average molecular weight is 145 g/mol. The van der Waals surface area contributed by atoms with Crippen molar-refractivity contribution in [2.75, 3.05) is 0 Å². The maximum atomic E-state index is 10.2. The van der Waals surface area contributed by atoms with E-state index in [0.717, 1.165) is 6.29 Å². The molecule has 0 aliphatic heterocycles. The second kappa shape index (κ2) is 3.52. The molecule has 0 aliphatic rings. The molecular formula is C9H7NO. The molecule has 0 atom stereocenters. The third-order valence-electron chi connectivity index (χ3n) is 1.18. The van der Waals surface area contributed by atoms with E-state index in [-0.39, 0.29) is 0 Å². The maximum absolute atomic E-state index is 10.2. The van der Waals surface area contributed by atoms with Crippen LogP contribution in [0.1, 0.15) is 23.0 Å². The summed E-state index contributed by atoms with van der Waals surface area (Å²) < 4.78 is 0. The lowest BCUT2D eigenvalue weighted by Gasteiger charge is -1.88. The SMILES string of the molecule is CC#Cc1ccc(C=O)cn1. The van der Waals surface area contributed by atoms with E-state index >= 15 is 0 Å². The molecule has 0 aromatic carbocycles. The topological polar surface area (TPSA) is 30.0 Å². The van der Waals surface area contributed by atoms with Gasteiger partial charge in [-0.05, 0) is 25.0 Å². The third-order valence-corrected chi connectivity index (χ3v) is 1.18. The lowest BCUT2D eigenvalue weighted by atomic mass is 10.3. The van der Waals surface area contributed by atoms with Gasteiger partial charge in [0.25, 0.3) is 0 Å². The predicted molar refractivity (Wildman–Crippen MR) is 42.2 cm³/mol. The summed E-state index contributed by atoms with van der Waals surface area (Å²) in [5, 5.41) is 0. The molecule has 11 heavy (non-hydrogen) atoms. The molecule has 0 amide bonds. The summed E-state index contributed by atoms with van der Waals surface area (Å²) in [7, 11) is 0. The maximum Gasteiger partial charge on any atom is 0.151 e. The highest BCUT2D eigenvalue weighted by molar-refractivity contribution is 5.74. The van der Waals surface area contributed by atoms with E-state index in [0.29, 0.717) is 11.3 Å². The minimum atomic E-state index is 0.576. The number of carbonyl (C=O) groups excluding carboxylic acids is 1. The van der Waals surface area contributed by atoms with Crippen LogP contribution in [0.2, 0.25) is 0 Å². The molecule has 0 saturated carbocycles. The van der Waals surface area contributed by atoms with Crippen molar-refractivity contribution in [2.45, 2.75) is 6.92 Å². The van der Waals surface area contributed by atoms with E-state index < -0.39 is 0 Å². The van der Waals surface area contributed by atoms with Gasteiger partial charge < -0.3 is 0 Å². The summed E-state index contributed by atoms with van der Waals surface area (Å²) in [6, 6.07) is 3.42. The smallest absolute Gasteiger partial charge is 0.151 e. The van der Waals surface area contributed by atoms with Crippen LogP contribution >= 0.6 is 0 Å². The molecule has 0 saturated heterocycles. The third kappa shape index (κ3) is 1.91. The molecule has 1 rings (SSSR count). The van der Waals surface area contributed by atoms with Crippen molar-refractivity contribution in [3.8, 4) is 11.8 Å². The van der Waals surface area contributed by atoms with Gasteiger partial charge in [-0.25, -0.2) is 4.98 Å². The number of aromatic nitrogens is 1. The minimum absolute atomic E-state index is 0.576. The van der Waals surface area contributed by atoms with Gasteiger partial charge >= 0.3 is 0 Å². The molecule has 0 spiro atoms. The number of nitrogens with zero attached hydrogens (tertiary/aromatic N) is 1. The van der Waals surface area contributed by atoms with Crippen LogP contribution in [0.4, 0.5) is 0 Å². The molecule has 0 unspecified atom stereocenters. The number of hydrogen-bond donors (Lipinski definition) is 0. The van der Waals surface area contributed by atoms with Crippen molar-refractivity contribution < 1.29 is 4.79 Å². The zero-order valence-electron chi connectivity index (χ0n) is 6.16. The van der Waals surface area contributed by atoms with Gasteiger partial charge in [0.1, 0.15) is 5.69 Å². The Balaban J connectivity index is 2.97. The Labute approximate surface area is 65.3 Å². The summed E-state index contributed by atoms with van der Waals surface area (Å²) in [4.78, 5) is 14.1. The first-order chi connectivity index (χ1) is 5.36. The van der Waals surface area contributed by atoms with Crippen molar-refractivity contribution in [1.82, 2.24) is 4.98 Å². The number of rotatable bonds is 1. The number of carbonyl (C=O) groups is 1. The fraction of sp³-hybridized carbons (Fsp3) is 0.111. The lowest BCUT2D eigenvalue weighted by molar-refractivity contribution is 0.112. The Morgan fingerprint density at radius 1 is 1.55 bits per heavy atom. The molecule has 0 aliphatic carbocycles. The molecular weight excluding hydrogens is 138 g/mol. The molecule has 0 N–H and O–H groups in total. The minimum Gasteiger partial charge on any atom is -0.298 e. The monoisotopic (exact) mass is 145 g/mol. The van der Waals surface area contributed by atoms with Gasteiger partial charge in [0.05, 0.1) is 0 Å². The van der Waals surface area contributed by atoms with Crippen LogP contribution < -0.4 is 0 Å². The van der Waals surface area contributed by atoms with Crippen LogP contribution in [-0.4, -0.2) is 11.3 Å². The number of aldehydes is 1. The Morgan fingerprint density at radius 2 is 2.36 bits per heavy atom. The molecule has 1 aromatic rings. The second-order valence-corrected chi connectivity index (χ2v) is 1.97. The van der Waals surface area contributed by atoms with Crippen LogP contribution in [0.25, 0.3) is 0 Å². The van der Waals surface area contributed by atoms with Crippen LogP contribution in [0, 0.1) is 11.8 Å². The van der Waals surface area contributed by atoms with Gasteiger partial charge in [-0.3, -0.25) is 4.79 Å². The van der Waals surface area contributed by atoms with Gasteiger partial charge in [0.15, 0.2) is 6.29 Å². The Morgan fingerprint density at radius 3 is 2.82 bits per heavy atom. The van der Waals surface area contributed by atoms with Crippen LogP contribution in [0.15, 0.2) is 18.3 Å². The standard InChI is InChI=1S/C9H7NO/c1-2-3-9-5-4-8(7-11)6-10-9/h4-7H,1H3. The van der Waals surface area contributed by atoms with E-state index in [9.17, 15) is 4.79 Å². The van der Waals surface area contributed by atoms with Gasteiger partial charge in [0, 0.05) is 11.8 Å². The quantitative estimate of drug-likeness (QED) is 0.440. The molecule has 0 radical (unpaired) electrons. The molecule has 2 nitrogen and oxygen atoms in total. The largest absolute Gasteiger partial charge is 0.298 e. The normalized spacial score (nSPS) is 8.09. The highest BCUT2D eigenvalue weighted by atomic mass is 16.1. The zero-order chi connectivity index (χ0) is 8.10. The second-order valence-electron chi connectivity index (χ2n) is 1.97. The molecule has 0 bridgehead atoms. The van der Waals surface area contributed by atoms with Crippen LogP contribution in [0.3, 0.4) is 0 Å². The summed E-state index contributed by atoms with van der Waals surface area (Å²) in [5.74, 6) is 5.50. The number of pyridine rings is 1. The van der Waals surface area contributed by atoms with Crippen molar-refractivity contribution in [3.05, 3.63) is 29.6 Å². The summed E-state index contributed by atoms with van der Waals surface area (Å²) >= 11 is 0. The van der Waals surface area contributed by atoms with E-state index in [2.05, 4.69) is 16.8 Å². The first-order valence-corrected chi connectivity index (χ1v) is 3.21. The van der Waals surface area contributed by atoms with Crippen molar-refractivity contribution in [3.63, 3.8) is 0 Å². The molecule has 1 heterocycles. The fourth-order valence-corrected chi connectivity index (χ4v) is 0.677. The highest BCUT2D eigenvalue weighted by Crippen LogP contribution is 1.95.